The third kappa shape index (κ3) is 5.50. The van der Waals surface area contributed by atoms with Crippen LogP contribution in [0.3, 0.4) is 0 Å². The van der Waals surface area contributed by atoms with E-state index in [0.29, 0.717) is 22.7 Å². The monoisotopic (exact) mass is 477 g/mol. The first-order valence-corrected chi connectivity index (χ1v) is 12.1. The lowest BCUT2D eigenvalue weighted by atomic mass is 10.1. The van der Waals surface area contributed by atoms with E-state index in [1.807, 2.05) is 65.4 Å². The average molecular weight is 478 g/mol. The SMILES string of the molecule is C=CCn1c(SCC(=O)Nc2nc(-c3ccc(C)cc3)cs2)nnc1-c1cccc(OC)c1. The Morgan fingerprint density at radius 3 is 2.79 bits per heavy atom. The van der Waals surface area contributed by atoms with Crippen LogP contribution < -0.4 is 10.1 Å². The van der Waals surface area contributed by atoms with Crippen LogP contribution in [-0.4, -0.2) is 38.5 Å². The van der Waals surface area contributed by atoms with Crippen LogP contribution >= 0.6 is 23.1 Å². The van der Waals surface area contributed by atoms with E-state index in [9.17, 15) is 4.79 Å². The third-order valence-electron chi connectivity index (χ3n) is 4.79. The van der Waals surface area contributed by atoms with E-state index < -0.39 is 0 Å². The molecule has 1 N–H and O–H groups in total. The molecule has 0 spiro atoms. The number of hydrogen-bond donors (Lipinski definition) is 1. The normalized spacial score (nSPS) is 10.7. The smallest absolute Gasteiger partial charge is 0.236 e. The number of aromatic nitrogens is 4. The van der Waals surface area contributed by atoms with Gasteiger partial charge in [0.05, 0.1) is 18.6 Å². The van der Waals surface area contributed by atoms with Gasteiger partial charge in [-0.15, -0.1) is 28.1 Å². The molecular weight excluding hydrogens is 454 g/mol. The van der Waals surface area contributed by atoms with Gasteiger partial charge in [0.25, 0.3) is 0 Å². The molecule has 4 aromatic rings. The van der Waals surface area contributed by atoms with Gasteiger partial charge in [-0.05, 0) is 19.1 Å². The fourth-order valence-electron chi connectivity index (χ4n) is 3.14. The second-order valence-corrected chi connectivity index (χ2v) is 8.98. The molecule has 0 unspecified atom stereocenters. The quantitative estimate of drug-likeness (QED) is 0.260. The molecule has 2 aromatic carbocycles. The van der Waals surface area contributed by atoms with Crippen LogP contribution in [-0.2, 0) is 11.3 Å². The van der Waals surface area contributed by atoms with Gasteiger partial charge in [0.2, 0.25) is 5.91 Å². The molecule has 0 radical (unpaired) electrons. The number of allylic oxidation sites excluding steroid dienone is 1. The van der Waals surface area contributed by atoms with Crippen LogP contribution in [0.4, 0.5) is 5.13 Å². The lowest BCUT2D eigenvalue weighted by Crippen LogP contribution is -2.14. The van der Waals surface area contributed by atoms with Crippen molar-refractivity contribution in [1.82, 2.24) is 19.7 Å². The molecule has 0 saturated carbocycles. The number of aryl methyl sites for hydroxylation is 1. The van der Waals surface area contributed by atoms with E-state index in [1.165, 1.54) is 28.7 Å². The van der Waals surface area contributed by atoms with Gasteiger partial charge in [0, 0.05) is 23.1 Å². The lowest BCUT2D eigenvalue weighted by Gasteiger charge is -2.08. The molecule has 0 aliphatic heterocycles. The predicted octanol–water partition coefficient (Wildman–Crippen LogP) is 5.30. The van der Waals surface area contributed by atoms with E-state index >= 15 is 0 Å². The van der Waals surface area contributed by atoms with Crippen LogP contribution in [0.25, 0.3) is 22.6 Å². The van der Waals surface area contributed by atoms with Gasteiger partial charge in [-0.25, -0.2) is 4.98 Å². The molecule has 9 heteroatoms. The zero-order valence-electron chi connectivity index (χ0n) is 18.3. The Labute approximate surface area is 200 Å². The Bertz CT molecular complexity index is 1260. The summed E-state index contributed by atoms with van der Waals surface area (Å²) in [6, 6.07) is 15.8. The summed E-state index contributed by atoms with van der Waals surface area (Å²) in [4.78, 5) is 17.1. The van der Waals surface area contributed by atoms with Crippen LogP contribution in [0.1, 0.15) is 5.56 Å². The number of nitrogens with zero attached hydrogens (tertiary/aromatic N) is 4. The molecule has 1 amide bonds. The molecule has 0 aliphatic rings. The molecular formula is C24H23N5O2S2. The number of nitrogens with one attached hydrogen (secondary N) is 1. The van der Waals surface area contributed by atoms with E-state index in [0.717, 1.165) is 22.6 Å². The minimum atomic E-state index is -0.152. The minimum absolute atomic E-state index is 0.152. The molecule has 0 fully saturated rings. The Balaban J connectivity index is 1.42. The van der Waals surface area contributed by atoms with Crippen molar-refractivity contribution in [2.75, 3.05) is 18.2 Å². The Kier molecular flexibility index (Phi) is 7.21. The van der Waals surface area contributed by atoms with Gasteiger partial charge in [0.1, 0.15) is 5.75 Å². The fraction of sp³-hybridized carbons (Fsp3) is 0.167. The number of anilines is 1. The van der Waals surface area contributed by atoms with Gasteiger partial charge in [-0.3, -0.25) is 9.36 Å². The summed E-state index contributed by atoms with van der Waals surface area (Å²) in [5.41, 5.74) is 3.94. The summed E-state index contributed by atoms with van der Waals surface area (Å²) in [6.45, 7) is 6.40. The van der Waals surface area contributed by atoms with Crippen LogP contribution in [0, 0.1) is 6.92 Å². The second kappa shape index (κ2) is 10.5. The fourth-order valence-corrected chi connectivity index (χ4v) is 4.62. The number of thiazole rings is 1. The Hall–Kier alpha value is -3.43. The van der Waals surface area contributed by atoms with Crippen LogP contribution in [0.5, 0.6) is 5.75 Å². The largest absolute Gasteiger partial charge is 0.497 e. The van der Waals surface area contributed by atoms with Crippen molar-refractivity contribution >= 4 is 34.1 Å². The first-order chi connectivity index (χ1) is 16.1. The van der Waals surface area contributed by atoms with Crippen molar-refractivity contribution in [2.45, 2.75) is 18.6 Å². The van der Waals surface area contributed by atoms with E-state index in [-0.39, 0.29) is 11.7 Å². The third-order valence-corrected chi connectivity index (χ3v) is 6.51. The molecule has 0 atom stereocenters. The summed E-state index contributed by atoms with van der Waals surface area (Å²) in [5, 5.41) is 14.6. The van der Waals surface area contributed by atoms with Gasteiger partial charge < -0.3 is 10.1 Å². The molecule has 0 aliphatic carbocycles. The van der Waals surface area contributed by atoms with Gasteiger partial charge >= 0.3 is 0 Å². The summed E-state index contributed by atoms with van der Waals surface area (Å²) >= 11 is 2.72. The number of methoxy groups -OCH3 is 1. The second-order valence-electron chi connectivity index (χ2n) is 7.18. The highest BCUT2D eigenvalue weighted by Crippen LogP contribution is 2.28. The first kappa shape index (κ1) is 22.8. The first-order valence-electron chi connectivity index (χ1n) is 10.2. The van der Waals surface area contributed by atoms with Gasteiger partial charge in [-0.2, -0.15) is 0 Å². The Morgan fingerprint density at radius 1 is 1.21 bits per heavy atom. The molecule has 168 valence electrons. The zero-order valence-corrected chi connectivity index (χ0v) is 19.9. The molecule has 0 saturated heterocycles. The van der Waals surface area contributed by atoms with Crippen molar-refractivity contribution < 1.29 is 9.53 Å². The molecule has 33 heavy (non-hydrogen) atoms. The summed E-state index contributed by atoms with van der Waals surface area (Å²) in [5.74, 6) is 1.47. The van der Waals surface area contributed by atoms with Gasteiger partial charge in [-0.1, -0.05) is 59.8 Å². The molecule has 2 heterocycles. The van der Waals surface area contributed by atoms with Gasteiger partial charge in [0.15, 0.2) is 16.1 Å². The molecule has 4 rings (SSSR count). The lowest BCUT2D eigenvalue weighted by molar-refractivity contribution is -0.113. The minimum Gasteiger partial charge on any atom is -0.497 e. The molecule has 0 bridgehead atoms. The Morgan fingerprint density at radius 2 is 2.03 bits per heavy atom. The van der Waals surface area contributed by atoms with Crippen molar-refractivity contribution in [1.29, 1.82) is 0 Å². The number of benzene rings is 2. The number of thioether (sulfide) groups is 1. The molecule has 7 nitrogen and oxygen atoms in total. The summed E-state index contributed by atoms with van der Waals surface area (Å²) in [7, 11) is 1.62. The number of ether oxygens (including phenoxy) is 1. The number of carbonyl (C=O) groups excluding carboxylic acids is 1. The zero-order chi connectivity index (χ0) is 23.2. The van der Waals surface area contributed by atoms with E-state index in [2.05, 4.69) is 27.1 Å². The van der Waals surface area contributed by atoms with Crippen molar-refractivity contribution in [3.05, 3.63) is 72.1 Å². The molecule has 2 aromatic heterocycles. The highest BCUT2D eigenvalue weighted by molar-refractivity contribution is 7.99. The van der Waals surface area contributed by atoms with Crippen molar-refractivity contribution in [3.63, 3.8) is 0 Å². The number of rotatable bonds is 9. The highest BCUT2D eigenvalue weighted by Gasteiger charge is 2.16. The summed E-state index contributed by atoms with van der Waals surface area (Å²) in [6.07, 6.45) is 1.78. The van der Waals surface area contributed by atoms with Crippen molar-refractivity contribution in [3.8, 4) is 28.4 Å². The maximum atomic E-state index is 12.5. The topological polar surface area (TPSA) is 81.9 Å². The van der Waals surface area contributed by atoms with E-state index in [4.69, 9.17) is 4.74 Å². The standard InChI is InChI=1S/C24H23N5O2S2/c1-4-12-29-22(18-6-5-7-19(13-18)31-3)27-28-24(29)33-15-21(30)26-23-25-20(14-32-23)17-10-8-16(2)9-11-17/h4-11,13-14H,1,12,15H2,2-3H3,(H,25,26,30). The maximum absolute atomic E-state index is 12.5. The highest BCUT2D eigenvalue weighted by atomic mass is 32.2. The number of hydrogen-bond acceptors (Lipinski definition) is 7. The van der Waals surface area contributed by atoms with Crippen molar-refractivity contribution in [2.24, 2.45) is 0 Å². The number of amides is 1. The maximum Gasteiger partial charge on any atom is 0.236 e. The number of carbonyl (C=O) groups is 1. The van der Waals surface area contributed by atoms with Crippen LogP contribution in [0.2, 0.25) is 0 Å². The van der Waals surface area contributed by atoms with Crippen LogP contribution in [0.15, 0.2) is 71.7 Å². The predicted molar refractivity (Wildman–Crippen MR) is 134 cm³/mol. The van der Waals surface area contributed by atoms with E-state index in [1.54, 1.807) is 13.2 Å². The average Bonchev–Trinajstić information content (AvgIpc) is 3.46. The summed E-state index contributed by atoms with van der Waals surface area (Å²) < 4.78 is 7.24.